The lowest BCUT2D eigenvalue weighted by Gasteiger charge is -2.52. The largest absolute Gasteiger partial charge is 0.451 e. The molecule has 2 amide bonds. The van der Waals surface area contributed by atoms with Crippen LogP contribution in [0.5, 0.6) is 0 Å². The van der Waals surface area contributed by atoms with Crippen LogP contribution >= 0.6 is 11.8 Å². The molecule has 10 heteroatoms. The number of carbonyl (C=O) groups is 4. The van der Waals surface area contributed by atoms with Crippen molar-refractivity contribution < 1.29 is 29.0 Å². The highest BCUT2D eigenvalue weighted by molar-refractivity contribution is 8.03. The Labute approximate surface area is 213 Å². The number of rotatable bonds is 11. The SMILES string of the molecule is CN(CCO)C(C=O)C1=CSC2C(NC=O)C(=O)N2C1C(=O)OC(c1ccccc1)c1ccccc1. The second-order valence-electron chi connectivity index (χ2n) is 8.48. The molecule has 4 unspecified atom stereocenters. The molecule has 0 aromatic heterocycles. The van der Waals surface area contributed by atoms with Crippen LogP contribution in [0.2, 0.25) is 0 Å². The summed E-state index contributed by atoms with van der Waals surface area (Å²) in [5.74, 6) is -1.12. The topological polar surface area (TPSA) is 116 Å². The Morgan fingerprint density at radius 2 is 1.75 bits per heavy atom. The van der Waals surface area contributed by atoms with E-state index < -0.39 is 41.5 Å². The predicted molar refractivity (Wildman–Crippen MR) is 133 cm³/mol. The average molecular weight is 510 g/mol. The van der Waals surface area contributed by atoms with Crippen LogP contribution in [-0.4, -0.2) is 83.2 Å². The minimum Gasteiger partial charge on any atom is -0.451 e. The molecule has 2 heterocycles. The molecule has 0 saturated carbocycles. The van der Waals surface area contributed by atoms with Crippen molar-refractivity contribution >= 4 is 36.3 Å². The van der Waals surface area contributed by atoms with E-state index in [1.165, 1.54) is 16.7 Å². The average Bonchev–Trinajstić information content (AvgIpc) is 2.91. The number of aliphatic hydroxyl groups is 1. The summed E-state index contributed by atoms with van der Waals surface area (Å²) in [4.78, 5) is 52.9. The second-order valence-corrected chi connectivity index (χ2v) is 9.47. The summed E-state index contributed by atoms with van der Waals surface area (Å²) in [5, 5.41) is 13.1. The molecule has 1 fully saturated rings. The number of hydrogen-bond donors (Lipinski definition) is 2. The van der Waals surface area contributed by atoms with Crippen molar-refractivity contribution in [1.29, 1.82) is 0 Å². The van der Waals surface area contributed by atoms with Crippen LogP contribution in [0.25, 0.3) is 0 Å². The van der Waals surface area contributed by atoms with Gasteiger partial charge in [0.05, 0.1) is 12.6 Å². The lowest BCUT2D eigenvalue weighted by Crippen LogP contribution is -2.74. The molecule has 0 bridgehead atoms. The fourth-order valence-electron chi connectivity index (χ4n) is 4.48. The minimum atomic E-state index is -1.17. The molecule has 0 radical (unpaired) electrons. The number of likely N-dealkylation sites (N-methyl/N-ethyl adjacent to an activating group) is 1. The highest BCUT2D eigenvalue weighted by Crippen LogP contribution is 2.42. The lowest BCUT2D eigenvalue weighted by molar-refractivity contribution is -0.165. The molecule has 1 saturated heterocycles. The molecule has 2 aliphatic rings. The van der Waals surface area contributed by atoms with Gasteiger partial charge in [-0.1, -0.05) is 60.7 Å². The van der Waals surface area contributed by atoms with Crippen LogP contribution in [0.3, 0.4) is 0 Å². The molecule has 0 spiro atoms. The molecule has 2 aromatic rings. The van der Waals surface area contributed by atoms with Gasteiger partial charge in [-0.15, -0.1) is 11.8 Å². The lowest BCUT2D eigenvalue weighted by atomic mass is 9.93. The summed E-state index contributed by atoms with van der Waals surface area (Å²) in [6.07, 6.45) is 0.399. The molecule has 2 N–H and O–H groups in total. The maximum absolute atomic E-state index is 13.8. The normalized spacial score (nSPS) is 21.8. The number of esters is 1. The summed E-state index contributed by atoms with van der Waals surface area (Å²) in [6.45, 7) is 0.00754. The maximum Gasteiger partial charge on any atom is 0.334 e. The number of thioether (sulfide) groups is 1. The summed E-state index contributed by atoms with van der Waals surface area (Å²) in [5.41, 5.74) is 1.89. The third-order valence-corrected chi connectivity index (χ3v) is 7.51. The second kappa shape index (κ2) is 11.5. The van der Waals surface area contributed by atoms with Gasteiger partial charge < -0.3 is 24.9 Å². The van der Waals surface area contributed by atoms with E-state index in [1.807, 2.05) is 60.7 Å². The van der Waals surface area contributed by atoms with Gasteiger partial charge in [-0.3, -0.25) is 14.5 Å². The van der Waals surface area contributed by atoms with Gasteiger partial charge in [0.1, 0.15) is 17.7 Å². The Kier molecular flexibility index (Phi) is 8.19. The monoisotopic (exact) mass is 509 g/mol. The first-order valence-corrected chi connectivity index (χ1v) is 12.4. The highest BCUT2D eigenvalue weighted by Gasteiger charge is 2.57. The van der Waals surface area contributed by atoms with Crippen LogP contribution in [0, 0.1) is 0 Å². The van der Waals surface area contributed by atoms with Gasteiger partial charge in [-0.05, 0) is 29.2 Å². The molecule has 0 aliphatic carbocycles. The molecule has 2 aromatic carbocycles. The Morgan fingerprint density at radius 1 is 1.14 bits per heavy atom. The number of nitrogens with one attached hydrogen (secondary N) is 1. The molecule has 36 heavy (non-hydrogen) atoms. The van der Waals surface area contributed by atoms with Gasteiger partial charge in [0.2, 0.25) is 12.3 Å². The summed E-state index contributed by atoms with van der Waals surface area (Å²) < 4.78 is 6.07. The van der Waals surface area contributed by atoms with Gasteiger partial charge in [-0.25, -0.2) is 4.79 Å². The van der Waals surface area contributed by atoms with Crippen molar-refractivity contribution in [1.82, 2.24) is 15.1 Å². The number of aldehydes is 1. The van der Waals surface area contributed by atoms with E-state index in [4.69, 9.17) is 4.74 Å². The van der Waals surface area contributed by atoms with Crippen molar-refractivity contribution in [3.8, 4) is 0 Å². The number of amides is 2. The van der Waals surface area contributed by atoms with Crippen LogP contribution in [0.15, 0.2) is 71.6 Å². The number of nitrogens with zero attached hydrogens (tertiary/aromatic N) is 2. The van der Waals surface area contributed by atoms with Crippen LogP contribution in [0.4, 0.5) is 0 Å². The summed E-state index contributed by atoms with van der Waals surface area (Å²) >= 11 is 1.25. The minimum absolute atomic E-state index is 0.183. The first-order chi connectivity index (χ1) is 17.5. The predicted octanol–water partition coefficient (Wildman–Crippen LogP) is 1.09. The first kappa shape index (κ1) is 25.6. The fourth-order valence-corrected chi connectivity index (χ4v) is 5.76. The van der Waals surface area contributed by atoms with E-state index in [0.717, 1.165) is 11.1 Å². The zero-order chi connectivity index (χ0) is 25.7. The Bertz CT molecular complexity index is 1090. The molecule has 4 atom stereocenters. The van der Waals surface area contributed by atoms with Gasteiger partial charge in [0.15, 0.2) is 12.1 Å². The molecule has 4 rings (SSSR count). The third kappa shape index (κ3) is 4.92. The molecule has 9 nitrogen and oxygen atoms in total. The number of carbonyl (C=O) groups excluding carboxylic acids is 4. The quantitative estimate of drug-likeness (QED) is 0.263. The van der Waals surface area contributed by atoms with E-state index in [9.17, 15) is 24.3 Å². The zero-order valence-corrected chi connectivity index (χ0v) is 20.4. The standard InChI is InChI=1S/C26H27N3O6S/c1-28(12-13-30)20(14-31)19-15-36-25-21(27-16-32)24(33)29(25)22(19)26(34)35-23(17-8-4-2-5-9-17)18-10-6-3-7-11-18/h2-11,14-16,20-23,25,30H,12-13H2,1H3,(H,27,32). The molecule has 188 valence electrons. The smallest absolute Gasteiger partial charge is 0.334 e. The van der Waals surface area contributed by atoms with Crippen LogP contribution < -0.4 is 5.32 Å². The van der Waals surface area contributed by atoms with Crippen LogP contribution in [0.1, 0.15) is 17.2 Å². The number of β-lactam (4-membered cyclic amide) rings is 1. The van der Waals surface area contributed by atoms with Crippen molar-refractivity contribution in [3.05, 3.63) is 82.8 Å². The number of aliphatic hydroxyl groups excluding tert-OH is 1. The molecular weight excluding hydrogens is 482 g/mol. The van der Waals surface area contributed by atoms with Gasteiger partial charge in [0.25, 0.3) is 0 Å². The van der Waals surface area contributed by atoms with Crippen molar-refractivity contribution in [2.45, 2.75) is 29.6 Å². The maximum atomic E-state index is 13.8. The van der Waals surface area contributed by atoms with E-state index in [0.29, 0.717) is 18.3 Å². The third-order valence-electron chi connectivity index (χ3n) is 6.32. The first-order valence-electron chi connectivity index (χ1n) is 11.5. The van der Waals surface area contributed by atoms with Gasteiger partial charge in [0, 0.05) is 6.54 Å². The summed E-state index contributed by atoms with van der Waals surface area (Å²) in [6, 6.07) is 15.7. The van der Waals surface area contributed by atoms with Crippen molar-refractivity contribution in [3.63, 3.8) is 0 Å². The highest BCUT2D eigenvalue weighted by atomic mass is 32.2. The number of fused-ring (bicyclic) bond motifs is 1. The van der Waals surface area contributed by atoms with Gasteiger partial charge >= 0.3 is 5.97 Å². The Hall–Kier alpha value is -3.47. The van der Waals surface area contributed by atoms with E-state index in [1.54, 1.807) is 17.4 Å². The zero-order valence-electron chi connectivity index (χ0n) is 19.6. The summed E-state index contributed by atoms with van der Waals surface area (Å²) in [7, 11) is 1.65. The number of ether oxygens (including phenoxy) is 1. The van der Waals surface area contributed by atoms with Crippen molar-refractivity contribution in [2.75, 3.05) is 20.2 Å². The van der Waals surface area contributed by atoms with E-state index >= 15 is 0 Å². The molecule has 2 aliphatic heterocycles. The van der Waals surface area contributed by atoms with Gasteiger partial charge in [-0.2, -0.15) is 0 Å². The molecular formula is C26H27N3O6S. The van der Waals surface area contributed by atoms with E-state index in [2.05, 4.69) is 5.32 Å². The number of benzene rings is 2. The van der Waals surface area contributed by atoms with E-state index in [-0.39, 0.29) is 13.2 Å². The number of hydrogen-bond acceptors (Lipinski definition) is 8. The van der Waals surface area contributed by atoms with Crippen LogP contribution in [-0.2, 0) is 23.9 Å². The Balaban J connectivity index is 1.71. The van der Waals surface area contributed by atoms with Crippen molar-refractivity contribution in [2.24, 2.45) is 0 Å². The fraction of sp³-hybridized carbons (Fsp3) is 0.308. The Morgan fingerprint density at radius 3 is 2.28 bits per heavy atom.